The molecule has 1 aliphatic heterocycles. The summed E-state index contributed by atoms with van der Waals surface area (Å²) in [5.74, 6) is 1.77. The number of aromatic nitrogens is 2. The van der Waals surface area contributed by atoms with Crippen LogP contribution < -0.4 is 4.90 Å². The molecule has 0 N–H and O–H groups in total. The van der Waals surface area contributed by atoms with Crippen LogP contribution in [0.4, 0.5) is 11.5 Å². The number of pyridine rings is 1. The van der Waals surface area contributed by atoms with Gasteiger partial charge in [-0.3, -0.25) is 4.57 Å². The van der Waals surface area contributed by atoms with Crippen molar-refractivity contribution in [3.63, 3.8) is 0 Å². The number of hydrogen-bond donors (Lipinski definition) is 0. The van der Waals surface area contributed by atoms with Gasteiger partial charge in [-0.05, 0) is 54.1 Å². The van der Waals surface area contributed by atoms with Crippen LogP contribution in [0, 0.1) is 22.7 Å². The van der Waals surface area contributed by atoms with Crippen LogP contribution in [0.15, 0.2) is 109 Å². The Kier molecular flexibility index (Phi) is 4.33. The van der Waals surface area contributed by atoms with Crippen LogP contribution in [0.3, 0.4) is 0 Å². The van der Waals surface area contributed by atoms with Crippen molar-refractivity contribution in [3.05, 3.63) is 120 Å². The molecule has 5 nitrogen and oxygen atoms in total. The lowest BCUT2D eigenvalue weighted by Crippen LogP contribution is -2.29. The van der Waals surface area contributed by atoms with Gasteiger partial charge < -0.3 is 4.90 Å². The molecule has 0 fully saturated rings. The molecule has 2 aliphatic rings. The molecular formula is C31H19N5. The van der Waals surface area contributed by atoms with Crippen molar-refractivity contribution in [2.75, 3.05) is 4.90 Å². The molecule has 2 unspecified atom stereocenters. The fraction of sp³-hybridized carbons (Fsp3) is 0.0645. The van der Waals surface area contributed by atoms with Crippen molar-refractivity contribution >= 4 is 33.3 Å². The zero-order valence-corrected chi connectivity index (χ0v) is 19.2. The van der Waals surface area contributed by atoms with Crippen LogP contribution >= 0.6 is 0 Å². The van der Waals surface area contributed by atoms with Crippen molar-refractivity contribution in [1.29, 1.82) is 10.5 Å². The first-order valence-corrected chi connectivity index (χ1v) is 11.9. The minimum atomic E-state index is 0.0542. The second kappa shape index (κ2) is 7.70. The van der Waals surface area contributed by atoms with E-state index in [9.17, 15) is 10.5 Å². The Morgan fingerprint density at radius 2 is 1.56 bits per heavy atom. The van der Waals surface area contributed by atoms with Crippen LogP contribution in [-0.2, 0) is 0 Å². The molecule has 3 aromatic carbocycles. The van der Waals surface area contributed by atoms with Crippen LogP contribution in [0.1, 0.15) is 17.0 Å². The van der Waals surface area contributed by atoms with Crippen LogP contribution in [0.25, 0.3) is 27.6 Å². The molecule has 0 bridgehead atoms. The SMILES string of the molecule is N#CC1=CC2c3ccccc3N(c3cccc(-n4c5ccccc5c5cc(C#N)ccc54)n3)C2C=C1. The molecule has 3 heterocycles. The predicted octanol–water partition coefficient (Wildman–Crippen LogP) is 6.67. The maximum absolute atomic E-state index is 9.47. The van der Waals surface area contributed by atoms with Crippen molar-refractivity contribution in [2.24, 2.45) is 0 Å². The second-order valence-corrected chi connectivity index (χ2v) is 9.09. The Labute approximate surface area is 208 Å². The van der Waals surface area contributed by atoms with E-state index in [4.69, 9.17) is 4.98 Å². The molecule has 0 amide bonds. The first-order chi connectivity index (χ1) is 17.8. The van der Waals surface area contributed by atoms with Gasteiger partial charge in [-0.25, -0.2) is 4.98 Å². The standard InChI is InChI=1S/C31H19N5/c32-18-20-12-14-28-24(16-20)22-6-1-3-8-26(22)35(28)30-10-5-11-31(34-30)36-27-9-4-2-7-23(27)25-17-21(19-33)13-15-29(25)36/h1-17,24,28H. The highest BCUT2D eigenvalue weighted by molar-refractivity contribution is 6.09. The minimum Gasteiger partial charge on any atom is -0.318 e. The summed E-state index contributed by atoms with van der Waals surface area (Å²) in [6.45, 7) is 0. The van der Waals surface area contributed by atoms with Gasteiger partial charge in [0.25, 0.3) is 0 Å². The number of benzene rings is 3. The summed E-state index contributed by atoms with van der Waals surface area (Å²) in [4.78, 5) is 7.44. The average molecular weight is 462 g/mol. The predicted molar refractivity (Wildman–Crippen MR) is 141 cm³/mol. The fourth-order valence-electron chi connectivity index (χ4n) is 5.65. The summed E-state index contributed by atoms with van der Waals surface area (Å²) in [7, 11) is 0. The maximum atomic E-state index is 9.47. The van der Waals surface area contributed by atoms with Gasteiger partial charge in [0.15, 0.2) is 0 Å². The lowest BCUT2D eigenvalue weighted by atomic mass is 9.89. The van der Waals surface area contributed by atoms with E-state index in [1.807, 2.05) is 60.7 Å². The van der Waals surface area contributed by atoms with E-state index in [0.717, 1.165) is 39.1 Å². The lowest BCUT2D eigenvalue weighted by Gasteiger charge is -2.28. The smallest absolute Gasteiger partial charge is 0.140 e. The van der Waals surface area contributed by atoms with Crippen molar-refractivity contribution in [3.8, 4) is 18.0 Å². The Bertz CT molecular complexity index is 1840. The summed E-state index contributed by atoms with van der Waals surface area (Å²) in [6, 6.07) is 33.1. The van der Waals surface area contributed by atoms with Gasteiger partial charge in [0.1, 0.15) is 11.6 Å². The number of nitrogens with zero attached hydrogens (tertiary/aromatic N) is 5. The van der Waals surface area contributed by atoms with Gasteiger partial charge in [-0.15, -0.1) is 0 Å². The largest absolute Gasteiger partial charge is 0.318 e. The highest BCUT2D eigenvalue weighted by atomic mass is 15.3. The molecule has 36 heavy (non-hydrogen) atoms. The topological polar surface area (TPSA) is 68.6 Å². The third kappa shape index (κ3) is 2.84. The highest BCUT2D eigenvalue weighted by Crippen LogP contribution is 2.47. The van der Waals surface area contributed by atoms with E-state index < -0.39 is 0 Å². The van der Waals surface area contributed by atoms with E-state index in [-0.39, 0.29) is 12.0 Å². The van der Waals surface area contributed by atoms with Gasteiger partial charge in [0.2, 0.25) is 0 Å². The zero-order valence-electron chi connectivity index (χ0n) is 19.2. The lowest BCUT2D eigenvalue weighted by molar-refractivity contribution is 0.734. The van der Waals surface area contributed by atoms with E-state index in [0.29, 0.717) is 11.1 Å². The number of allylic oxidation sites excluding steroid dienone is 2. The zero-order chi connectivity index (χ0) is 24.2. The fourth-order valence-corrected chi connectivity index (χ4v) is 5.65. The molecule has 0 radical (unpaired) electrons. The highest BCUT2D eigenvalue weighted by Gasteiger charge is 2.38. The van der Waals surface area contributed by atoms with E-state index in [1.165, 1.54) is 5.56 Å². The van der Waals surface area contributed by atoms with Gasteiger partial charge in [-0.2, -0.15) is 10.5 Å². The molecule has 0 saturated carbocycles. The van der Waals surface area contributed by atoms with Gasteiger partial charge in [-0.1, -0.05) is 54.6 Å². The molecule has 2 atom stereocenters. The van der Waals surface area contributed by atoms with Gasteiger partial charge >= 0.3 is 0 Å². The number of rotatable bonds is 2. The van der Waals surface area contributed by atoms with E-state index >= 15 is 0 Å². The Balaban J connectivity index is 1.43. The summed E-state index contributed by atoms with van der Waals surface area (Å²) in [5, 5.41) is 21.1. The quantitative estimate of drug-likeness (QED) is 0.294. The molecule has 2 aromatic heterocycles. The molecular weight excluding hydrogens is 442 g/mol. The van der Waals surface area contributed by atoms with Crippen LogP contribution in [0.2, 0.25) is 0 Å². The van der Waals surface area contributed by atoms with Crippen molar-refractivity contribution in [2.45, 2.75) is 12.0 Å². The summed E-state index contributed by atoms with van der Waals surface area (Å²) >= 11 is 0. The maximum Gasteiger partial charge on any atom is 0.140 e. The third-order valence-electron chi connectivity index (χ3n) is 7.18. The normalized spacial score (nSPS) is 17.9. The van der Waals surface area contributed by atoms with Crippen molar-refractivity contribution in [1.82, 2.24) is 9.55 Å². The van der Waals surface area contributed by atoms with E-state index in [2.05, 4.69) is 64.1 Å². The first-order valence-electron chi connectivity index (χ1n) is 11.9. The molecule has 0 saturated heterocycles. The molecule has 0 spiro atoms. The van der Waals surface area contributed by atoms with Crippen molar-refractivity contribution < 1.29 is 0 Å². The number of nitriles is 2. The molecule has 5 heteroatoms. The van der Waals surface area contributed by atoms with Gasteiger partial charge in [0, 0.05) is 28.0 Å². The number of hydrogen-bond acceptors (Lipinski definition) is 4. The summed E-state index contributed by atoms with van der Waals surface area (Å²) in [6.07, 6.45) is 6.08. The Hall–Kier alpha value is -5.13. The monoisotopic (exact) mass is 461 g/mol. The number of para-hydroxylation sites is 2. The van der Waals surface area contributed by atoms with Gasteiger partial charge in [0.05, 0.1) is 34.8 Å². The summed E-state index contributed by atoms with van der Waals surface area (Å²) in [5.41, 5.74) is 5.70. The van der Waals surface area contributed by atoms with E-state index in [1.54, 1.807) is 0 Å². The molecule has 168 valence electrons. The average Bonchev–Trinajstić information content (AvgIpc) is 3.45. The number of fused-ring (bicyclic) bond motifs is 6. The Morgan fingerprint density at radius 3 is 2.44 bits per heavy atom. The Morgan fingerprint density at radius 1 is 0.750 bits per heavy atom. The second-order valence-electron chi connectivity index (χ2n) is 9.09. The molecule has 1 aliphatic carbocycles. The minimum absolute atomic E-state index is 0.0542. The number of anilines is 2. The first kappa shape index (κ1) is 20.3. The molecule has 5 aromatic rings. The van der Waals surface area contributed by atoms with Crippen LogP contribution in [0.5, 0.6) is 0 Å². The molecule has 7 rings (SSSR count). The summed E-state index contributed by atoms with van der Waals surface area (Å²) < 4.78 is 2.17. The van der Waals surface area contributed by atoms with Crippen LogP contribution in [-0.4, -0.2) is 15.6 Å². The third-order valence-corrected chi connectivity index (χ3v) is 7.18.